The third kappa shape index (κ3) is 3.61. The van der Waals surface area contributed by atoms with Crippen LogP contribution in [0.4, 0.5) is 0 Å². The molecule has 3 fully saturated rings. The highest BCUT2D eigenvalue weighted by molar-refractivity contribution is 7.88. The van der Waals surface area contributed by atoms with Crippen molar-refractivity contribution in [1.29, 1.82) is 0 Å². The minimum absolute atomic E-state index is 0.191. The molecule has 0 unspecified atom stereocenters. The lowest BCUT2D eigenvalue weighted by atomic mass is 9.82. The maximum atomic E-state index is 12.6. The van der Waals surface area contributed by atoms with Gasteiger partial charge in [-0.1, -0.05) is 24.3 Å². The second kappa shape index (κ2) is 7.28. The summed E-state index contributed by atoms with van der Waals surface area (Å²) in [7, 11) is -0.259. The van der Waals surface area contributed by atoms with Crippen molar-refractivity contribution in [3.8, 4) is 11.5 Å². The Morgan fingerprint density at radius 1 is 0.793 bits per heavy atom. The molecule has 5 rings (SSSR count). The summed E-state index contributed by atoms with van der Waals surface area (Å²) in [6, 6.07) is 15.0. The highest BCUT2D eigenvalue weighted by Crippen LogP contribution is 2.49. The van der Waals surface area contributed by atoms with Gasteiger partial charge >= 0.3 is 0 Å². The molecule has 3 aliphatic heterocycles. The molecule has 2 aromatic carbocycles. The van der Waals surface area contributed by atoms with Crippen LogP contribution in [-0.2, 0) is 31.0 Å². The van der Waals surface area contributed by atoms with Crippen molar-refractivity contribution in [2.45, 2.75) is 24.0 Å². The van der Waals surface area contributed by atoms with Gasteiger partial charge < -0.3 is 9.47 Å². The molecule has 29 heavy (non-hydrogen) atoms. The number of nitrogens with zero attached hydrogens (tertiary/aromatic N) is 1. The van der Waals surface area contributed by atoms with E-state index in [1.54, 1.807) is 14.2 Å². The average Bonchev–Trinajstić information content (AvgIpc) is 3.03. The Labute approximate surface area is 171 Å². The third-order valence-corrected chi connectivity index (χ3v) is 7.05. The molecule has 156 valence electrons. The molecule has 8 heteroatoms. The van der Waals surface area contributed by atoms with Gasteiger partial charge in [0.25, 0.3) is 0 Å². The van der Waals surface area contributed by atoms with Crippen molar-refractivity contribution in [1.82, 2.24) is 4.31 Å². The maximum Gasteiger partial charge on any atom is 0.211 e. The Morgan fingerprint density at radius 2 is 1.17 bits per heavy atom. The van der Waals surface area contributed by atoms with Crippen LogP contribution in [0.5, 0.6) is 11.5 Å². The lowest BCUT2D eigenvalue weighted by Crippen LogP contribution is -2.43. The number of fused-ring (bicyclic) bond motifs is 4. The van der Waals surface area contributed by atoms with Crippen molar-refractivity contribution in [3.63, 3.8) is 0 Å². The van der Waals surface area contributed by atoms with Crippen LogP contribution >= 0.6 is 0 Å². The molecule has 3 saturated heterocycles. The smallest absolute Gasteiger partial charge is 0.211 e. The second-order valence-electron chi connectivity index (χ2n) is 7.64. The lowest BCUT2D eigenvalue weighted by molar-refractivity contribution is -0.438. The van der Waals surface area contributed by atoms with Gasteiger partial charge in [-0.15, -0.1) is 0 Å². The molecule has 0 spiro atoms. The van der Waals surface area contributed by atoms with E-state index in [0.717, 1.165) is 22.6 Å². The zero-order valence-electron chi connectivity index (χ0n) is 16.8. The molecule has 3 aliphatic rings. The Kier molecular flexibility index (Phi) is 5.06. The summed E-state index contributed by atoms with van der Waals surface area (Å²) < 4.78 is 37.1. The zero-order valence-corrected chi connectivity index (χ0v) is 17.6. The largest absolute Gasteiger partial charge is 0.497 e. The van der Waals surface area contributed by atoms with E-state index in [1.165, 1.54) is 10.6 Å². The Bertz CT molecular complexity index is 898. The number of sulfonamides is 1. The summed E-state index contributed by atoms with van der Waals surface area (Å²) in [6.07, 6.45) is 2.47. The Hall–Kier alpha value is -2.13. The molecule has 0 radical (unpaired) electrons. The summed E-state index contributed by atoms with van der Waals surface area (Å²) in [5, 5.41) is 0. The minimum Gasteiger partial charge on any atom is -0.497 e. The zero-order chi connectivity index (χ0) is 20.7. The van der Waals surface area contributed by atoms with E-state index in [1.807, 2.05) is 48.5 Å². The molecular formula is C21H25NO6S. The highest BCUT2D eigenvalue weighted by atomic mass is 32.2. The summed E-state index contributed by atoms with van der Waals surface area (Å²) in [4.78, 5) is 12.0. The number of rotatable bonds is 5. The highest BCUT2D eigenvalue weighted by Gasteiger charge is 2.54. The predicted octanol–water partition coefficient (Wildman–Crippen LogP) is 2.81. The first kappa shape index (κ1) is 20.2. The van der Waals surface area contributed by atoms with Gasteiger partial charge in [-0.05, 0) is 48.2 Å². The van der Waals surface area contributed by atoms with Gasteiger partial charge in [0.1, 0.15) is 22.7 Å². The van der Waals surface area contributed by atoms with Crippen LogP contribution in [0, 0.1) is 0 Å². The quantitative estimate of drug-likeness (QED) is 0.694. The first-order valence-corrected chi connectivity index (χ1v) is 11.3. The molecule has 0 amide bonds. The second-order valence-corrected chi connectivity index (χ2v) is 9.63. The molecule has 0 aliphatic carbocycles. The molecule has 0 N–H and O–H groups in total. The van der Waals surface area contributed by atoms with Crippen molar-refractivity contribution in [2.75, 3.05) is 33.6 Å². The number of hydrogen-bond donors (Lipinski definition) is 0. The maximum absolute atomic E-state index is 12.6. The van der Waals surface area contributed by atoms with Gasteiger partial charge in [-0.2, -0.15) is 4.31 Å². The first-order valence-electron chi connectivity index (χ1n) is 9.41. The van der Waals surface area contributed by atoms with Crippen molar-refractivity contribution in [2.24, 2.45) is 0 Å². The van der Waals surface area contributed by atoms with Crippen LogP contribution in [0.15, 0.2) is 48.5 Å². The summed E-state index contributed by atoms with van der Waals surface area (Å²) in [6.45, 7) is 0.381. The van der Waals surface area contributed by atoms with Crippen LogP contribution in [0.25, 0.3) is 0 Å². The van der Waals surface area contributed by atoms with Crippen LogP contribution in [0.2, 0.25) is 0 Å². The van der Waals surface area contributed by atoms with Crippen molar-refractivity contribution in [3.05, 3.63) is 59.7 Å². The summed E-state index contributed by atoms with van der Waals surface area (Å²) in [5.41, 5.74) is -0.0294. The molecule has 0 aromatic heterocycles. The normalized spacial score (nSPS) is 27.4. The Morgan fingerprint density at radius 3 is 1.45 bits per heavy atom. The minimum atomic E-state index is -3.47. The van der Waals surface area contributed by atoms with Crippen molar-refractivity contribution >= 4 is 10.0 Å². The molecule has 2 atom stereocenters. The van der Waals surface area contributed by atoms with E-state index in [-0.39, 0.29) is 13.1 Å². The predicted molar refractivity (Wildman–Crippen MR) is 107 cm³/mol. The van der Waals surface area contributed by atoms with Crippen molar-refractivity contribution < 1.29 is 27.7 Å². The van der Waals surface area contributed by atoms with Crippen LogP contribution in [-0.4, -0.2) is 46.3 Å². The lowest BCUT2D eigenvalue weighted by Gasteiger charge is -2.41. The monoisotopic (exact) mass is 419 g/mol. The van der Waals surface area contributed by atoms with Gasteiger partial charge in [0, 0.05) is 0 Å². The summed E-state index contributed by atoms with van der Waals surface area (Å²) in [5.74, 6) is 1.45. The van der Waals surface area contributed by atoms with E-state index in [2.05, 4.69) is 0 Å². The van der Waals surface area contributed by atoms with Gasteiger partial charge in [0.05, 0.1) is 33.6 Å². The number of methoxy groups -OCH3 is 2. The van der Waals surface area contributed by atoms with E-state index >= 15 is 0 Å². The van der Waals surface area contributed by atoms with Gasteiger partial charge in [-0.3, -0.25) is 0 Å². The fraction of sp³-hybridized carbons (Fsp3) is 0.429. The molecule has 3 heterocycles. The van der Waals surface area contributed by atoms with Crippen LogP contribution in [0.1, 0.15) is 24.0 Å². The SMILES string of the molecule is COc1ccc([C@@]23CC[C@@](c4ccc(OC)cc4)(CN(S(C)(=O)=O)C2)OO3)cc1. The molecule has 7 nitrogen and oxygen atoms in total. The number of ether oxygens (including phenoxy) is 2. The first-order chi connectivity index (χ1) is 13.8. The number of benzene rings is 2. The third-order valence-electron chi connectivity index (χ3n) is 5.86. The van der Waals surface area contributed by atoms with Gasteiger partial charge in [0.2, 0.25) is 10.0 Å². The number of hydrogen-bond acceptors (Lipinski definition) is 6. The van der Waals surface area contributed by atoms with E-state index in [9.17, 15) is 8.42 Å². The fourth-order valence-electron chi connectivity index (χ4n) is 4.07. The van der Waals surface area contributed by atoms with E-state index in [0.29, 0.717) is 12.8 Å². The fourth-order valence-corrected chi connectivity index (χ4v) is 4.96. The topological polar surface area (TPSA) is 74.3 Å². The van der Waals surface area contributed by atoms with Gasteiger partial charge in [-0.25, -0.2) is 18.2 Å². The van der Waals surface area contributed by atoms with Crippen LogP contribution < -0.4 is 9.47 Å². The van der Waals surface area contributed by atoms with E-state index < -0.39 is 21.2 Å². The molecule has 0 saturated carbocycles. The summed E-state index contributed by atoms with van der Waals surface area (Å²) >= 11 is 0. The standard InChI is InChI=1S/C21H25NO6S/c1-25-18-8-4-16(5-9-18)20-12-13-21(28-27-20,15-22(14-20)29(3,23)24)17-6-10-19(26-2)11-7-17/h4-11H,12-15H2,1-3H3/t20-,21+. The van der Waals surface area contributed by atoms with Gasteiger partial charge in [0.15, 0.2) is 0 Å². The molecule has 2 bridgehead atoms. The molecule has 2 aromatic rings. The van der Waals surface area contributed by atoms with E-state index in [4.69, 9.17) is 19.2 Å². The Balaban J connectivity index is 1.74. The molecular weight excluding hydrogens is 394 g/mol. The van der Waals surface area contributed by atoms with Crippen LogP contribution in [0.3, 0.4) is 0 Å². The average molecular weight is 419 g/mol.